The van der Waals surface area contributed by atoms with Crippen molar-refractivity contribution in [2.75, 3.05) is 13.1 Å². The molecule has 0 radical (unpaired) electrons. The quantitative estimate of drug-likeness (QED) is 0.467. The number of carbonyl (C=O) groups excluding carboxylic acids is 1. The highest BCUT2D eigenvalue weighted by Crippen LogP contribution is 2.29. The van der Waals surface area contributed by atoms with Crippen molar-refractivity contribution in [1.82, 2.24) is 15.0 Å². The molecule has 0 atom stereocenters. The number of rotatable bonds is 4. The molecule has 1 saturated heterocycles. The SMILES string of the molecule is O=C(c1ccc([N+](=O)[O-])cc1)N1CCC(c2nc(-c3ccc(Cl)cc3)no2)CC1. The van der Waals surface area contributed by atoms with Gasteiger partial charge in [-0.1, -0.05) is 16.8 Å². The van der Waals surface area contributed by atoms with Crippen LogP contribution in [-0.4, -0.2) is 39.0 Å². The minimum atomic E-state index is -0.484. The van der Waals surface area contributed by atoms with Gasteiger partial charge >= 0.3 is 0 Å². The number of hydrogen-bond donors (Lipinski definition) is 0. The lowest BCUT2D eigenvalue weighted by atomic mass is 9.96. The van der Waals surface area contributed by atoms with Gasteiger partial charge in [-0.15, -0.1) is 0 Å². The Labute approximate surface area is 171 Å². The van der Waals surface area contributed by atoms with E-state index in [4.69, 9.17) is 16.1 Å². The number of likely N-dealkylation sites (tertiary alicyclic amines) is 1. The Morgan fingerprint density at radius 1 is 1.10 bits per heavy atom. The van der Waals surface area contributed by atoms with Crippen molar-refractivity contribution in [3.05, 3.63) is 75.1 Å². The maximum Gasteiger partial charge on any atom is 0.269 e. The molecule has 1 amide bonds. The van der Waals surface area contributed by atoms with Gasteiger partial charge in [-0.2, -0.15) is 4.98 Å². The molecule has 9 heteroatoms. The second-order valence-corrected chi connectivity index (χ2v) is 7.27. The molecule has 1 aliphatic rings. The van der Waals surface area contributed by atoms with E-state index < -0.39 is 4.92 Å². The maximum atomic E-state index is 12.6. The van der Waals surface area contributed by atoms with E-state index in [1.54, 1.807) is 17.0 Å². The molecule has 0 N–H and O–H groups in total. The van der Waals surface area contributed by atoms with E-state index in [2.05, 4.69) is 10.1 Å². The van der Waals surface area contributed by atoms with Gasteiger partial charge in [0.2, 0.25) is 11.7 Å². The summed E-state index contributed by atoms with van der Waals surface area (Å²) in [5, 5.41) is 15.4. The molecule has 3 aromatic rings. The predicted molar refractivity (Wildman–Crippen MR) is 106 cm³/mol. The van der Waals surface area contributed by atoms with Gasteiger partial charge in [0.1, 0.15) is 0 Å². The summed E-state index contributed by atoms with van der Waals surface area (Å²) in [6, 6.07) is 12.9. The molecule has 2 aromatic carbocycles. The number of nitrogens with zero attached hydrogens (tertiary/aromatic N) is 4. The number of aromatic nitrogens is 2. The first-order valence-electron chi connectivity index (χ1n) is 9.14. The predicted octanol–water partition coefficient (Wildman–Crippen LogP) is 4.32. The Morgan fingerprint density at radius 3 is 2.38 bits per heavy atom. The standard InChI is InChI=1S/C20H17ClN4O4/c21-16-5-1-13(2-6-16)18-22-19(29-23-18)14-9-11-24(12-10-14)20(26)15-3-7-17(8-4-15)25(27)28/h1-8,14H,9-12H2. The smallest absolute Gasteiger partial charge is 0.269 e. The van der Waals surface area contributed by atoms with Crippen molar-refractivity contribution in [3.8, 4) is 11.4 Å². The molecule has 0 saturated carbocycles. The van der Waals surface area contributed by atoms with Crippen molar-refractivity contribution in [1.29, 1.82) is 0 Å². The average Bonchev–Trinajstić information content (AvgIpc) is 3.24. The Morgan fingerprint density at radius 2 is 1.76 bits per heavy atom. The van der Waals surface area contributed by atoms with Crippen LogP contribution in [0.1, 0.15) is 35.0 Å². The molecule has 0 spiro atoms. The van der Waals surface area contributed by atoms with Crippen molar-refractivity contribution in [2.45, 2.75) is 18.8 Å². The van der Waals surface area contributed by atoms with Crippen molar-refractivity contribution >= 4 is 23.2 Å². The van der Waals surface area contributed by atoms with Crippen molar-refractivity contribution in [3.63, 3.8) is 0 Å². The number of carbonyl (C=O) groups is 1. The van der Waals surface area contributed by atoms with Gasteiger partial charge in [-0.25, -0.2) is 0 Å². The van der Waals surface area contributed by atoms with Crippen LogP contribution >= 0.6 is 11.6 Å². The van der Waals surface area contributed by atoms with Crippen LogP contribution in [0.25, 0.3) is 11.4 Å². The molecule has 0 aliphatic carbocycles. The third-order valence-corrected chi connectivity index (χ3v) is 5.25. The highest BCUT2D eigenvalue weighted by molar-refractivity contribution is 6.30. The zero-order valence-corrected chi connectivity index (χ0v) is 16.1. The zero-order valence-electron chi connectivity index (χ0n) is 15.3. The van der Waals surface area contributed by atoms with Crippen LogP contribution in [0.15, 0.2) is 53.1 Å². The first kappa shape index (κ1) is 19.1. The molecular weight excluding hydrogens is 396 g/mol. The van der Waals surface area contributed by atoms with Crippen LogP contribution in [0.2, 0.25) is 5.02 Å². The highest BCUT2D eigenvalue weighted by atomic mass is 35.5. The van der Waals surface area contributed by atoms with Gasteiger partial charge in [0.15, 0.2) is 0 Å². The fourth-order valence-corrected chi connectivity index (χ4v) is 3.48. The lowest BCUT2D eigenvalue weighted by Crippen LogP contribution is -2.38. The van der Waals surface area contributed by atoms with E-state index in [1.807, 2.05) is 12.1 Å². The van der Waals surface area contributed by atoms with Gasteiger partial charge in [0.05, 0.1) is 4.92 Å². The lowest BCUT2D eigenvalue weighted by Gasteiger charge is -2.30. The number of nitro benzene ring substituents is 1. The van der Waals surface area contributed by atoms with E-state index >= 15 is 0 Å². The summed E-state index contributed by atoms with van der Waals surface area (Å²) in [6.45, 7) is 1.11. The molecule has 0 bridgehead atoms. The van der Waals surface area contributed by atoms with Crippen molar-refractivity contribution in [2.24, 2.45) is 0 Å². The number of halogens is 1. The Balaban J connectivity index is 1.38. The second kappa shape index (κ2) is 8.00. The Hall–Kier alpha value is -3.26. The van der Waals surface area contributed by atoms with E-state index in [9.17, 15) is 14.9 Å². The van der Waals surface area contributed by atoms with E-state index in [-0.39, 0.29) is 17.5 Å². The van der Waals surface area contributed by atoms with Gasteiger partial charge in [-0.3, -0.25) is 14.9 Å². The largest absolute Gasteiger partial charge is 0.339 e. The van der Waals surface area contributed by atoms with Crippen LogP contribution in [0.5, 0.6) is 0 Å². The third-order valence-electron chi connectivity index (χ3n) is 5.00. The summed E-state index contributed by atoms with van der Waals surface area (Å²) in [5.74, 6) is 1.04. The van der Waals surface area contributed by atoms with Gasteiger partial charge in [-0.05, 0) is 49.2 Å². The minimum Gasteiger partial charge on any atom is -0.339 e. The molecule has 8 nitrogen and oxygen atoms in total. The second-order valence-electron chi connectivity index (χ2n) is 6.83. The van der Waals surface area contributed by atoms with Crippen LogP contribution in [0.4, 0.5) is 5.69 Å². The van der Waals surface area contributed by atoms with Crippen LogP contribution < -0.4 is 0 Å². The summed E-state index contributed by atoms with van der Waals surface area (Å²) in [7, 11) is 0. The topological polar surface area (TPSA) is 102 Å². The third kappa shape index (κ3) is 4.12. The lowest BCUT2D eigenvalue weighted by molar-refractivity contribution is -0.384. The molecule has 1 aliphatic heterocycles. The van der Waals surface area contributed by atoms with Crippen molar-refractivity contribution < 1.29 is 14.2 Å². The van der Waals surface area contributed by atoms with Gasteiger partial charge in [0.25, 0.3) is 11.6 Å². The minimum absolute atomic E-state index is 0.0341. The number of piperidine rings is 1. The van der Waals surface area contributed by atoms with E-state index in [1.165, 1.54) is 24.3 Å². The zero-order chi connectivity index (χ0) is 20.4. The fourth-order valence-electron chi connectivity index (χ4n) is 3.36. The molecule has 4 rings (SSSR count). The fraction of sp³-hybridized carbons (Fsp3) is 0.250. The normalized spacial score (nSPS) is 14.7. The summed E-state index contributed by atoms with van der Waals surface area (Å²) in [6.07, 6.45) is 1.42. The van der Waals surface area contributed by atoms with E-state index in [0.717, 1.165) is 5.56 Å². The van der Waals surface area contributed by atoms with Gasteiger partial charge < -0.3 is 9.42 Å². The monoisotopic (exact) mass is 412 g/mol. The molecule has 0 unspecified atom stereocenters. The Kier molecular flexibility index (Phi) is 5.26. The molecule has 29 heavy (non-hydrogen) atoms. The first-order valence-corrected chi connectivity index (χ1v) is 9.52. The molecule has 1 fully saturated rings. The number of benzene rings is 2. The first-order chi connectivity index (χ1) is 14.0. The molecule has 1 aromatic heterocycles. The summed E-state index contributed by atoms with van der Waals surface area (Å²) in [4.78, 5) is 29.1. The van der Waals surface area contributed by atoms with Gasteiger partial charge in [0, 0.05) is 47.3 Å². The number of nitro groups is 1. The molecule has 2 heterocycles. The number of amides is 1. The van der Waals surface area contributed by atoms with Crippen LogP contribution in [0, 0.1) is 10.1 Å². The highest BCUT2D eigenvalue weighted by Gasteiger charge is 2.28. The number of non-ortho nitro benzene ring substituents is 1. The molecular formula is C20H17ClN4O4. The van der Waals surface area contributed by atoms with Crippen LogP contribution in [-0.2, 0) is 0 Å². The summed E-state index contributed by atoms with van der Waals surface area (Å²) < 4.78 is 5.44. The molecule has 148 valence electrons. The Bertz CT molecular complexity index is 1030. The van der Waals surface area contributed by atoms with Crippen LogP contribution in [0.3, 0.4) is 0 Å². The average molecular weight is 413 g/mol. The maximum absolute atomic E-state index is 12.6. The summed E-state index contributed by atoms with van der Waals surface area (Å²) in [5.41, 5.74) is 1.24. The summed E-state index contributed by atoms with van der Waals surface area (Å²) >= 11 is 5.90. The van der Waals surface area contributed by atoms with E-state index in [0.29, 0.717) is 48.2 Å². The number of hydrogen-bond acceptors (Lipinski definition) is 6.